The zero-order valence-corrected chi connectivity index (χ0v) is 17.6. The van der Waals surface area contributed by atoms with Crippen LogP contribution < -0.4 is 11.2 Å². The largest absolute Gasteiger partial charge is 0.490 e. The molecule has 0 saturated carbocycles. The summed E-state index contributed by atoms with van der Waals surface area (Å²) < 4.78 is 50.6. The van der Waals surface area contributed by atoms with E-state index in [1.54, 1.807) is 0 Å². The topological polar surface area (TPSA) is 285 Å². The summed E-state index contributed by atoms with van der Waals surface area (Å²) in [5.74, 6) is 0. The summed E-state index contributed by atoms with van der Waals surface area (Å²) in [6.07, 6.45) is -6.15. The van der Waals surface area contributed by atoms with E-state index in [0.29, 0.717) is 4.57 Å². The molecule has 0 aliphatic carbocycles. The van der Waals surface area contributed by atoms with Crippen LogP contribution in [-0.4, -0.2) is 69.4 Å². The quantitative estimate of drug-likeness (QED) is 0.152. The minimum absolute atomic E-state index is 0.290. The van der Waals surface area contributed by atoms with Crippen molar-refractivity contribution in [3.05, 3.63) is 32.6 Å². The number of hydrogen-bond donors (Lipinski definition) is 8. The smallest absolute Gasteiger partial charge is 0.391 e. The van der Waals surface area contributed by atoms with Gasteiger partial charge in [0.25, 0.3) is 5.56 Å². The van der Waals surface area contributed by atoms with Crippen LogP contribution in [0.15, 0.2) is 15.8 Å². The third-order valence-corrected chi connectivity index (χ3v) is 7.44. The Morgan fingerprint density at radius 1 is 1.03 bits per heavy atom. The third kappa shape index (κ3) is 6.95. The van der Waals surface area contributed by atoms with Crippen LogP contribution in [0, 0.1) is 0 Å². The molecule has 2 heterocycles. The van der Waals surface area contributed by atoms with Crippen LogP contribution in [0.5, 0.6) is 0 Å². The van der Waals surface area contributed by atoms with Gasteiger partial charge in [0.2, 0.25) is 0 Å². The standard InChI is InChI=1S/C10H17N2O16P3/c13-2-4-1-12(10(17)11-8(4)16)9-7(15)6(14)5(26-9)3-25-30(21,22)28-31(23,24)27-29(18,19)20/h1,5-7,9,13-15H,2-3H2,(H,21,22)(H,23,24)(H,11,16,17)(H2,18,19,20)/t5-,6-,7-,9-/m1/s1. The van der Waals surface area contributed by atoms with Gasteiger partial charge >= 0.3 is 29.2 Å². The van der Waals surface area contributed by atoms with E-state index in [0.717, 1.165) is 6.20 Å². The number of ether oxygens (including phenoxy) is 1. The van der Waals surface area contributed by atoms with Crippen molar-refractivity contribution < 1.29 is 66.5 Å². The first-order valence-corrected chi connectivity index (χ1v) is 12.3. The predicted octanol–water partition coefficient (Wildman–Crippen LogP) is -3.01. The van der Waals surface area contributed by atoms with Crippen molar-refractivity contribution >= 4 is 23.5 Å². The summed E-state index contributed by atoms with van der Waals surface area (Å²) >= 11 is 0. The van der Waals surface area contributed by atoms with Crippen molar-refractivity contribution in [1.29, 1.82) is 0 Å². The first-order chi connectivity index (χ1) is 14.1. The van der Waals surface area contributed by atoms with Crippen LogP contribution in [0.3, 0.4) is 0 Å². The Hall–Kier alpha value is -1.07. The second kappa shape index (κ2) is 9.43. The van der Waals surface area contributed by atoms with Gasteiger partial charge in [0.15, 0.2) is 6.23 Å². The van der Waals surface area contributed by atoms with Crippen molar-refractivity contribution in [3.63, 3.8) is 0 Å². The molecule has 31 heavy (non-hydrogen) atoms. The fourth-order valence-electron chi connectivity index (χ4n) is 2.40. The van der Waals surface area contributed by atoms with E-state index >= 15 is 0 Å². The molecule has 2 unspecified atom stereocenters. The molecule has 21 heteroatoms. The third-order valence-electron chi connectivity index (χ3n) is 3.64. The fraction of sp³-hybridized carbons (Fsp3) is 0.600. The molecular formula is C10H17N2O16P3. The summed E-state index contributed by atoms with van der Waals surface area (Å²) in [6.45, 7) is -1.88. The van der Waals surface area contributed by atoms with E-state index in [1.165, 1.54) is 0 Å². The molecule has 1 aromatic heterocycles. The van der Waals surface area contributed by atoms with Gasteiger partial charge in [0, 0.05) is 6.20 Å². The van der Waals surface area contributed by atoms with Crippen molar-refractivity contribution in [2.75, 3.05) is 6.61 Å². The van der Waals surface area contributed by atoms with E-state index in [4.69, 9.17) is 24.5 Å². The number of hydrogen-bond acceptors (Lipinski definition) is 12. The average molecular weight is 514 g/mol. The normalized spacial score (nSPS) is 28.2. The second-order valence-electron chi connectivity index (χ2n) is 5.91. The van der Waals surface area contributed by atoms with Crippen LogP contribution in [-0.2, 0) is 38.2 Å². The SMILES string of the molecule is O=c1[nH]c(=O)n([C@@H]2O[C@H](COP(=O)(O)OP(=O)(O)OP(=O)(O)O)[C@@H](O)[C@H]2O)cc1CO. The highest BCUT2D eigenvalue weighted by molar-refractivity contribution is 7.66. The van der Waals surface area contributed by atoms with E-state index in [-0.39, 0.29) is 5.56 Å². The first kappa shape index (κ1) is 26.2. The zero-order valence-electron chi connectivity index (χ0n) is 14.9. The molecule has 178 valence electrons. The first-order valence-electron chi connectivity index (χ1n) is 7.80. The fourth-order valence-corrected chi connectivity index (χ4v) is 5.43. The molecule has 18 nitrogen and oxygen atoms in total. The highest BCUT2D eigenvalue weighted by atomic mass is 31.3. The van der Waals surface area contributed by atoms with E-state index < -0.39 is 72.5 Å². The number of H-pyrrole nitrogens is 1. The number of phosphoric ester groups is 1. The number of aliphatic hydroxyl groups is 3. The maximum Gasteiger partial charge on any atom is 0.490 e. The highest BCUT2D eigenvalue weighted by Gasteiger charge is 2.46. The molecule has 1 aliphatic heterocycles. The molecule has 0 aromatic carbocycles. The summed E-state index contributed by atoms with van der Waals surface area (Å²) in [4.78, 5) is 60.6. The van der Waals surface area contributed by atoms with E-state index in [9.17, 15) is 38.4 Å². The molecule has 1 fully saturated rings. The molecule has 6 atom stereocenters. The Bertz CT molecular complexity index is 1060. The summed E-state index contributed by atoms with van der Waals surface area (Å²) in [7, 11) is -16.9. The summed E-state index contributed by atoms with van der Waals surface area (Å²) in [5, 5.41) is 29.2. The average Bonchev–Trinajstić information content (AvgIpc) is 2.85. The van der Waals surface area contributed by atoms with Crippen molar-refractivity contribution in [3.8, 4) is 0 Å². The van der Waals surface area contributed by atoms with Gasteiger partial charge in [-0.1, -0.05) is 0 Å². The minimum atomic E-state index is -5.76. The van der Waals surface area contributed by atoms with E-state index in [1.807, 2.05) is 4.98 Å². The van der Waals surface area contributed by atoms with Gasteiger partial charge in [-0.2, -0.15) is 8.62 Å². The molecule has 0 spiro atoms. The lowest BCUT2D eigenvalue weighted by molar-refractivity contribution is -0.0544. The van der Waals surface area contributed by atoms with E-state index in [2.05, 4.69) is 13.1 Å². The van der Waals surface area contributed by atoms with Gasteiger partial charge in [-0.15, -0.1) is 0 Å². The number of rotatable bonds is 9. The predicted molar refractivity (Wildman–Crippen MR) is 93.0 cm³/mol. The Kier molecular flexibility index (Phi) is 7.96. The van der Waals surface area contributed by atoms with Gasteiger partial charge in [-0.3, -0.25) is 18.9 Å². The van der Waals surface area contributed by atoms with Crippen LogP contribution in [0.25, 0.3) is 0 Å². The van der Waals surface area contributed by atoms with Gasteiger partial charge in [-0.05, 0) is 0 Å². The molecule has 0 bridgehead atoms. The van der Waals surface area contributed by atoms with Gasteiger partial charge in [-0.25, -0.2) is 18.5 Å². The number of aliphatic hydroxyl groups excluding tert-OH is 3. The van der Waals surface area contributed by atoms with Crippen molar-refractivity contribution in [2.24, 2.45) is 0 Å². The van der Waals surface area contributed by atoms with Crippen LogP contribution in [0.2, 0.25) is 0 Å². The van der Waals surface area contributed by atoms with Crippen LogP contribution in [0.1, 0.15) is 11.8 Å². The minimum Gasteiger partial charge on any atom is -0.391 e. The molecule has 1 saturated heterocycles. The van der Waals surface area contributed by atoms with Crippen LogP contribution >= 0.6 is 23.5 Å². The Labute approximate surface area is 170 Å². The molecule has 1 aromatic rings. The molecule has 2 rings (SSSR count). The van der Waals surface area contributed by atoms with Crippen LogP contribution in [0.4, 0.5) is 0 Å². The monoisotopic (exact) mass is 514 g/mol. The lowest BCUT2D eigenvalue weighted by Crippen LogP contribution is -2.39. The maximum absolute atomic E-state index is 11.9. The number of nitrogens with zero attached hydrogens (tertiary/aromatic N) is 1. The number of aromatic amines is 1. The lowest BCUT2D eigenvalue weighted by Gasteiger charge is -2.19. The molecule has 0 radical (unpaired) electrons. The molecular weight excluding hydrogens is 497 g/mol. The Balaban J connectivity index is 2.12. The molecule has 0 amide bonds. The Morgan fingerprint density at radius 2 is 1.65 bits per heavy atom. The van der Waals surface area contributed by atoms with Gasteiger partial charge < -0.3 is 39.6 Å². The van der Waals surface area contributed by atoms with Gasteiger partial charge in [0.05, 0.1) is 18.8 Å². The van der Waals surface area contributed by atoms with Crippen molar-refractivity contribution in [1.82, 2.24) is 9.55 Å². The Morgan fingerprint density at radius 3 is 2.19 bits per heavy atom. The lowest BCUT2D eigenvalue weighted by atomic mass is 10.1. The molecule has 8 N–H and O–H groups in total. The highest BCUT2D eigenvalue weighted by Crippen LogP contribution is 2.66. The van der Waals surface area contributed by atoms with Gasteiger partial charge in [0.1, 0.15) is 18.3 Å². The number of phosphoric acid groups is 3. The number of aromatic nitrogens is 2. The number of nitrogens with one attached hydrogen (secondary N) is 1. The molecule has 1 aliphatic rings. The summed E-state index contributed by atoms with van der Waals surface area (Å²) in [5.41, 5.74) is -2.30. The van der Waals surface area contributed by atoms with Crippen molar-refractivity contribution in [2.45, 2.75) is 31.1 Å². The second-order valence-corrected chi connectivity index (χ2v) is 10.3. The summed E-state index contributed by atoms with van der Waals surface area (Å²) in [6, 6.07) is 0. The maximum atomic E-state index is 11.9. The zero-order chi connectivity index (χ0) is 23.8.